The standard InChI is InChI=1S/C16H12BrF4N5O2/c1-6-9-2-7(18)3-10(17)12(9)28-11(6)13(16(19,20)21)26-15(27)25-8-4-23-14(22)24-5-8/h2-5,13H,1H3,(H2,22,23,24)(H2,25,26,27). The summed E-state index contributed by atoms with van der Waals surface area (Å²) in [5.41, 5.74) is 5.43. The van der Waals surface area contributed by atoms with E-state index in [4.69, 9.17) is 10.2 Å². The quantitative estimate of drug-likeness (QED) is 0.500. The number of amides is 2. The van der Waals surface area contributed by atoms with E-state index in [1.165, 1.54) is 6.92 Å². The van der Waals surface area contributed by atoms with Crippen LogP contribution in [0.25, 0.3) is 11.0 Å². The highest BCUT2D eigenvalue weighted by Gasteiger charge is 2.45. The highest BCUT2D eigenvalue weighted by atomic mass is 79.9. The lowest BCUT2D eigenvalue weighted by molar-refractivity contribution is -0.158. The first-order valence-electron chi connectivity index (χ1n) is 7.66. The number of rotatable bonds is 3. The van der Waals surface area contributed by atoms with Crippen LogP contribution < -0.4 is 16.4 Å². The molecule has 12 heteroatoms. The van der Waals surface area contributed by atoms with Crippen LogP contribution in [0, 0.1) is 12.7 Å². The number of anilines is 2. The number of carbonyl (C=O) groups is 1. The molecular formula is C16H12BrF4N5O2. The van der Waals surface area contributed by atoms with Crippen molar-refractivity contribution in [2.24, 2.45) is 0 Å². The van der Waals surface area contributed by atoms with Gasteiger partial charge in [-0.25, -0.2) is 19.2 Å². The second kappa shape index (κ2) is 7.26. The molecule has 1 unspecified atom stereocenters. The zero-order valence-electron chi connectivity index (χ0n) is 14.1. The molecule has 0 aliphatic carbocycles. The molecule has 2 heterocycles. The van der Waals surface area contributed by atoms with Crippen LogP contribution in [0.4, 0.5) is 34.0 Å². The number of nitrogens with two attached hydrogens (primary N) is 1. The molecule has 0 radical (unpaired) electrons. The number of aromatic nitrogens is 2. The predicted octanol–water partition coefficient (Wildman–Crippen LogP) is 4.44. The normalized spacial score (nSPS) is 12.8. The largest absolute Gasteiger partial charge is 0.457 e. The number of nitrogens with zero attached hydrogens (tertiary/aromatic N) is 2. The van der Waals surface area contributed by atoms with Gasteiger partial charge < -0.3 is 20.8 Å². The minimum atomic E-state index is -4.88. The molecule has 0 saturated carbocycles. The van der Waals surface area contributed by atoms with Gasteiger partial charge in [-0.2, -0.15) is 13.2 Å². The average molecular weight is 462 g/mol. The van der Waals surface area contributed by atoms with Gasteiger partial charge in [0.15, 0.2) is 6.04 Å². The van der Waals surface area contributed by atoms with Crippen LogP contribution in [-0.4, -0.2) is 22.2 Å². The lowest BCUT2D eigenvalue weighted by atomic mass is 10.1. The minimum Gasteiger partial charge on any atom is -0.457 e. The summed E-state index contributed by atoms with van der Waals surface area (Å²) >= 11 is 3.06. The van der Waals surface area contributed by atoms with Crippen LogP contribution in [0.3, 0.4) is 0 Å². The van der Waals surface area contributed by atoms with Gasteiger partial charge in [-0.3, -0.25) is 0 Å². The third-order valence-electron chi connectivity index (χ3n) is 3.79. The monoisotopic (exact) mass is 461 g/mol. The second-order valence-corrected chi connectivity index (χ2v) is 6.61. The molecule has 28 heavy (non-hydrogen) atoms. The smallest absolute Gasteiger partial charge is 0.416 e. The van der Waals surface area contributed by atoms with Gasteiger partial charge in [-0.05, 0) is 35.0 Å². The number of alkyl halides is 3. The van der Waals surface area contributed by atoms with Crippen molar-refractivity contribution in [2.75, 3.05) is 11.1 Å². The molecule has 2 amide bonds. The number of nitrogen functional groups attached to an aromatic ring is 1. The van der Waals surface area contributed by atoms with E-state index in [0.29, 0.717) is 0 Å². The molecule has 2 aromatic heterocycles. The fourth-order valence-corrected chi connectivity index (χ4v) is 3.05. The zero-order valence-corrected chi connectivity index (χ0v) is 15.7. The molecule has 0 aliphatic rings. The Bertz CT molecular complexity index is 1040. The number of halogens is 5. The van der Waals surface area contributed by atoms with Crippen molar-refractivity contribution in [1.29, 1.82) is 0 Å². The first-order chi connectivity index (χ1) is 13.1. The summed E-state index contributed by atoms with van der Waals surface area (Å²) in [6.45, 7) is 1.35. The van der Waals surface area contributed by atoms with E-state index >= 15 is 0 Å². The Balaban J connectivity index is 1.94. The maximum atomic E-state index is 13.6. The number of hydrogen-bond acceptors (Lipinski definition) is 5. The topological polar surface area (TPSA) is 106 Å². The van der Waals surface area contributed by atoms with E-state index in [1.807, 2.05) is 5.32 Å². The third kappa shape index (κ3) is 4.01. The third-order valence-corrected chi connectivity index (χ3v) is 4.38. The molecule has 4 N–H and O–H groups in total. The summed E-state index contributed by atoms with van der Waals surface area (Å²) in [7, 11) is 0. The molecule has 3 rings (SSSR count). The Morgan fingerprint density at radius 1 is 1.29 bits per heavy atom. The van der Waals surface area contributed by atoms with Gasteiger partial charge in [0, 0.05) is 10.9 Å². The molecule has 0 aliphatic heterocycles. The van der Waals surface area contributed by atoms with Crippen molar-refractivity contribution in [1.82, 2.24) is 15.3 Å². The molecular weight excluding hydrogens is 450 g/mol. The van der Waals surface area contributed by atoms with E-state index < -0.39 is 29.8 Å². The van der Waals surface area contributed by atoms with Gasteiger partial charge >= 0.3 is 12.2 Å². The van der Waals surface area contributed by atoms with E-state index in [-0.39, 0.29) is 32.6 Å². The van der Waals surface area contributed by atoms with Crippen molar-refractivity contribution in [3.63, 3.8) is 0 Å². The van der Waals surface area contributed by atoms with Gasteiger partial charge in [-0.15, -0.1) is 0 Å². The maximum Gasteiger partial charge on any atom is 0.416 e. The predicted molar refractivity (Wildman–Crippen MR) is 96.0 cm³/mol. The molecule has 7 nitrogen and oxygen atoms in total. The molecule has 0 saturated heterocycles. The van der Waals surface area contributed by atoms with Crippen LogP contribution >= 0.6 is 15.9 Å². The van der Waals surface area contributed by atoms with Gasteiger partial charge in [-0.1, -0.05) is 0 Å². The lowest BCUT2D eigenvalue weighted by Crippen LogP contribution is -2.40. The lowest BCUT2D eigenvalue weighted by Gasteiger charge is -2.20. The first kappa shape index (κ1) is 19.9. The fourth-order valence-electron chi connectivity index (χ4n) is 2.53. The molecule has 0 bridgehead atoms. The number of hydrogen-bond donors (Lipinski definition) is 3. The minimum absolute atomic E-state index is 0.0392. The molecule has 3 aromatic rings. The number of aryl methyl sites for hydroxylation is 1. The Kier molecular flexibility index (Phi) is 5.15. The van der Waals surface area contributed by atoms with Crippen LogP contribution in [0.1, 0.15) is 17.4 Å². The Labute approximate surface area is 163 Å². The second-order valence-electron chi connectivity index (χ2n) is 5.76. The van der Waals surface area contributed by atoms with E-state index in [0.717, 1.165) is 24.5 Å². The molecule has 1 atom stereocenters. The molecule has 0 fully saturated rings. The van der Waals surface area contributed by atoms with E-state index in [9.17, 15) is 22.4 Å². The summed E-state index contributed by atoms with van der Waals surface area (Å²) in [6.07, 6.45) is -2.60. The van der Waals surface area contributed by atoms with Crippen molar-refractivity contribution in [3.05, 3.63) is 46.1 Å². The number of urea groups is 1. The molecule has 148 valence electrons. The SMILES string of the molecule is Cc1c(C(NC(=O)Nc2cnc(N)nc2)C(F)(F)F)oc2c(Br)cc(F)cc12. The Morgan fingerprint density at radius 3 is 2.54 bits per heavy atom. The van der Waals surface area contributed by atoms with Gasteiger partial charge in [0.05, 0.1) is 22.6 Å². The highest BCUT2D eigenvalue weighted by Crippen LogP contribution is 2.40. The summed E-state index contributed by atoms with van der Waals surface area (Å²) in [4.78, 5) is 19.3. The molecule has 0 spiro atoms. The number of fused-ring (bicyclic) bond motifs is 1. The summed E-state index contributed by atoms with van der Waals surface area (Å²) in [5.74, 6) is -1.26. The molecule has 1 aromatic carbocycles. The number of nitrogens with one attached hydrogen (secondary N) is 2. The van der Waals surface area contributed by atoms with Crippen molar-refractivity contribution in [3.8, 4) is 0 Å². The fraction of sp³-hybridized carbons (Fsp3) is 0.188. The van der Waals surface area contributed by atoms with Gasteiger partial charge in [0.2, 0.25) is 5.95 Å². The average Bonchev–Trinajstić information content (AvgIpc) is 2.91. The Morgan fingerprint density at radius 2 is 1.93 bits per heavy atom. The van der Waals surface area contributed by atoms with Crippen molar-refractivity contribution >= 4 is 44.6 Å². The summed E-state index contributed by atoms with van der Waals surface area (Å²) in [5, 5.41) is 4.14. The van der Waals surface area contributed by atoms with Gasteiger partial charge in [0.1, 0.15) is 17.2 Å². The Hall–Kier alpha value is -2.89. The first-order valence-corrected chi connectivity index (χ1v) is 8.45. The van der Waals surface area contributed by atoms with Crippen LogP contribution in [0.5, 0.6) is 0 Å². The van der Waals surface area contributed by atoms with E-state index in [1.54, 1.807) is 0 Å². The number of furan rings is 1. The maximum absolute atomic E-state index is 13.6. The summed E-state index contributed by atoms with van der Waals surface area (Å²) in [6, 6.07) is -1.51. The van der Waals surface area contributed by atoms with Crippen LogP contribution in [-0.2, 0) is 0 Å². The van der Waals surface area contributed by atoms with Crippen molar-refractivity contribution < 1.29 is 26.8 Å². The van der Waals surface area contributed by atoms with Crippen molar-refractivity contribution in [2.45, 2.75) is 19.1 Å². The van der Waals surface area contributed by atoms with E-state index in [2.05, 4.69) is 31.2 Å². The van der Waals surface area contributed by atoms with Gasteiger partial charge in [0.25, 0.3) is 0 Å². The zero-order chi connectivity index (χ0) is 20.6. The highest BCUT2D eigenvalue weighted by molar-refractivity contribution is 9.10. The van der Waals surface area contributed by atoms with Crippen LogP contribution in [0.15, 0.2) is 33.4 Å². The van der Waals surface area contributed by atoms with Crippen LogP contribution in [0.2, 0.25) is 0 Å². The summed E-state index contributed by atoms with van der Waals surface area (Å²) < 4.78 is 59.9. The number of benzene rings is 1. The number of carbonyl (C=O) groups excluding carboxylic acids is 1.